The molecule has 25 heavy (non-hydrogen) atoms. The zero-order valence-electron chi connectivity index (χ0n) is 15.8. The van der Waals surface area contributed by atoms with Crippen LogP contribution in [0.25, 0.3) is 10.9 Å². The van der Waals surface area contributed by atoms with Crippen LogP contribution in [0.5, 0.6) is 0 Å². The first-order valence-electron chi connectivity index (χ1n) is 9.36. The first kappa shape index (κ1) is 16.4. The lowest BCUT2D eigenvalue weighted by molar-refractivity contribution is 0.266. The summed E-state index contributed by atoms with van der Waals surface area (Å²) in [5.74, 6) is 0. The monoisotopic (exact) mass is 332 g/mol. The number of para-hydroxylation sites is 1. The summed E-state index contributed by atoms with van der Waals surface area (Å²) in [6.45, 7) is 5.40. The molecule has 2 aromatic carbocycles. The minimum absolute atomic E-state index is 0.660. The van der Waals surface area contributed by atoms with Crippen molar-refractivity contribution in [1.29, 1.82) is 0 Å². The summed E-state index contributed by atoms with van der Waals surface area (Å²) in [6.07, 6.45) is 3.60. The summed E-state index contributed by atoms with van der Waals surface area (Å²) in [4.78, 5) is 2.39. The third-order valence-corrected chi connectivity index (χ3v) is 5.91. The fourth-order valence-electron chi connectivity index (χ4n) is 4.34. The van der Waals surface area contributed by atoms with E-state index in [2.05, 4.69) is 79.9 Å². The van der Waals surface area contributed by atoms with Crippen molar-refractivity contribution < 1.29 is 0 Å². The zero-order valence-corrected chi connectivity index (χ0v) is 15.8. The SMILES string of the molecule is Cc1ccc(C)c(Cn2c3c(c4ccccc42)C[C@@H](N(C)C)CC3)c1. The number of rotatable bonds is 3. The minimum Gasteiger partial charge on any atom is -0.340 e. The molecule has 2 heteroatoms. The summed E-state index contributed by atoms with van der Waals surface area (Å²) in [7, 11) is 4.43. The number of benzene rings is 2. The molecule has 1 aliphatic rings. The molecule has 0 spiro atoms. The van der Waals surface area contributed by atoms with Crippen molar-refractivity contribution in [3.63, 3.8) is 0 Å². The van der Waals surface area contributed by atoms with Gasteiger partial charge in [-0.2, -0.15) is 0 Å². The van der Waals surface area contributed by atoms with E-state index >= 15 is 0 Å². The molecule has 0 unspecified atom stereocenters. The quantitative estimate of drug-likeness (QED) is 0.673. The van der Waals surface area contributed by atoms with Gasteiger partial charge in [-0.25, -0.2) is 0 Å². The summed E-state index contributed by atoms with van der Waals surface area (Å²) < 4.78 is 2.58. The third-order valence-electron chi connectivity index (χ3n) is 5.91. The molecule has 4 rings (SSSR count). The number of aryl methyl sites for hydroxylation is 2. The molecule has 1 atom stereocenters. The van der Waals surface area contributed by atoms with Crippen molar-refractivity contribution >= 4 is 10.9 Å². The van der Waals surface area contributed by atoms with Crippen LogP contribution in [0, 0.1) is 13.8 Å². The van der Waals surface area contributed by atoms with Crippen molar-refractivity contribution in [3.05, 3.63) is 70.4 Å². The molecule has 1 aliphatic carbocycles. The van der Waals surface area contributed by atoms with Gasteiger partial charge in [0.15, 0.2) is 0 Å². The molecule has 0 bridgehead atoms. The van der Waals surface area contributed by atoms with Gasteiger partial charge in [0.1, 0.15) is 0 Å². The second kappa shape index (κ2) is 6.34. The summed E-state index contributed by atoms with van der Waals surface area (Å²) in [6, 6.07) is 16.4. The number of hydrogen-bond donors (Lipinski definition) is 0. The van der Waals surface area contributed by atoms with Crippen molar-refractivity contribution in [2.75, 3.05) is 14.1 Å². The van der Waals surface area contributed by atoms with Gasteiger partial charge in [-0.15, -0.1) is 0 Å². The second-order valence-corrected chi connectivity index (χ2v) is 7.82. The fraction of sp³-hybridized carbons (Fsp3) is 0.391. The van der Waals surface area contributed by atoms with Crippen LogP contribution in [0.4, 0.5) is 0 Å². The van der Waals surface area contributed by atoms with Crippen LogP contribution in [0.1, 0.15) is 34.4 Å². The number of aromatic nitrogens is 1. The van der Waals surface area contributed by atoms with Crippen molar-refractivity contribution in [2.24, 2.45) is 0 Å². The molecule has 1 heterocycles. The maximum Gasteiger partial charge on any atom is 0.0488 e. The average molecular weight is 332 g/mol. The third kappa shape index (κ3) is 2.89. The Kier molecular flexibility index (Phi) is 4.16. The van der Waals surface area contributed by atoms with E-state index in [1.54, 1.807) is 11.3 Å². The van der Waals surface area contributed by atoms with E-state index in [1.165, 1.54) is 46.9 Å². The molecule has 0 radical (unpaired) electrons. The van der Waals surface area contributed by atoms with Gasteiger partial charge in [0, 0.05) is 29.2 Å². The Bertz CT molecular complexity index is 917. The second-order valence-electron chi connectivity index (χ2n) is 7.82. The predicted octanol–water partition coefficient (Wildman–Crippen LogP) is 4.73. The highest BCUT2D eigenvalue weighted by atomic mass is 15.1. The molecule has 130 valence electrons. The Balaban J connectivity index is 1.83. The standard InChI is InChI=1S/C23H28N2/c1-16-9-10-17(2)18(13-16)15-25-22-8-6-5-7-20(22)21-14-19(24(3)4)11-12-23(21)25/h5-10,13,19H,11-12,14-15H2,1-4H3/t19-/m0/s1. The molecule has 0 aliphatic heterocycles. The van der Waals surface area contributed by atoms with E-state index in [9.17, 15) is 0 Å². The van der Waals surface area contributed by atoms with Crippen LogP contribution < -0.4 is 0 Å². The Morgan fingerprint density at radius 3 is 2.68 bits per heavy atom. The Morgan fingerprint density at radius 2 is 1.88 bits per heavy atom. The normalized spacial score (nSPS) is 17.2. The number of fused-ring (bicyclic) bond motifs is 3. The highest BCUT2D eigenvalue weighted by Gasteiger charge is 2.26. The summed E-state index contributed by atoms with van der Waals surface area (Å²) in [5, 5.41) is 1.45. The van der Waals surface area contributed by atoms with Gasteiger partial charge < -0.3 is 9.47 Å². The van der Waals surface area contributed by atoms with Gasteiger partial charge in [-0.1, -0.05) is 42.0 Å². The molecule has 0 fully saturated rings. The molecule has 1 aromatic heterocycles. The van der Waals surface area contributed by atoms with E-state index in [4.69, 9.17) is 0 Å². The largest absolute Gasteiger partial charge is 0.340 e. The number of likely N-dealkylation sites (N-methyl/N-ethyl adjacent to an activating group) is 1. The fourth-order valence-corrected chi connectivity index (χ4v) is 4.34. The smallest absolute Gasteiger partial charge is 0.0488 e. The molecule has 0 N–H and O–H groups in total. The van der Waals surface area contributed by atoms with Gasteiger partial charge in [0.25, 0.3) is 0 Å². The lowest BCUT2D eigenvalue weighted by Gasteiger charge is -2.29. The van der Waals surface area contributed by atoms with E-state index in [0.717, 1.165) is 6.54 Å². The van der Waals surface area contributed by atoms with E-state index in [1.807, 2.05) is 0 Å². The minimum atomic E-state index is 0.660. The summed E-state index contributed by atoms with van der Waals surface area (Å²) in [5.41, 5.74) is 8.70. The molecule has 0 amide bonds. The average Bonchev–Trinajstić information content (AvgIpc) is 2.92. The molecular formula is C23H28N2. The highest BCUT2D eigenvalue weighted by Crippen LogP contribution is 2.34. The number of nitrogens with zero attached hydrogens (tertiary/aromatic N) is 2. The first-order chi connectivity index (χ1) is 12.0. The van der Waals surface area contributed by atoms with Crippen LogP contribution in [0.15, 0.2) is 42.5 Å². The molecule has 3 aromatic rings. The van der Waals surface area contributed by atoms with Crippen LogP contribution in [-0.2, 0) is 19.4 Å². The Labute approximate surface area is 151 Å². The molecule has 2 nitrogen and oxygen atoms in total. The Morgan fingerprint density at radius 1 is 1.08 bits per heavy atom. The molecular weight excluding hydrogens is 304 g/mol. The topological polar surface area (TPSA) is 8.17 Å². The number of hydrogen-bond acceptors (Lipinski definition) is 1. The van der Waals surface area contributed by atoms with Crippen LogP contribution in [-0.4, -0.2) is 29.6 Å². The molecule has 0 saturated carbocycles. The maximum absolute atomic E-state index is 2.58. The maximum atomic E-state index is 2.58. The van der Waals surface area contributed by atoms with Crippen LogP contribution >= 0.6 is 0 Å². The zero-order chi connectivity index (χ0) is 17.6. The molecule has 0 saturated heterocycles. The Hall–Kier alpha value is -2.06. The first-order valence-corrected chi connectivity index (χ1v) is 9.36. The predicted molar refractivity (Wildman–Crippen MR) is 106 cm³/mol. The van der Waals surface area contributed by atoms with Crippen molar-refractivity contribution in [1.82, 2.24) is 9.47 Å². The van der Waals surface area contributed by atoms with Crippen LogP contribution in [0.3, 0.4) is 0 Å². The van der Waals surface area contributed by atoms with Crippen LogP contribution in [0.2, 0.25) is 0 Å². The van der Waals surface area contributed by atoms with E-state index in [-0.39, 0.29) is 0 Å². The van der Waals surface area contributed by atoms with E-state index in [0.29, 0.717) is 6.04 Å². The summed E-state index contributed by atoms with van der Waals surface area (Å²) >= 11 is 0. The van der Waals surface area contributed by atoms with Crippen molar-refractivity contribution in [2.45, 2.75) is 45.7 Å². The van der Waals surface area contributed by atoms with Gasteiger partial charge in [-0.05, 0) is 70.0 Å². The van der Waals surface area contributed by atoms with E-state index < -0.39 is 0 Å². The van der Waals surface area contributed by atoms with Gasteiger partial charge >= 0.3 is 0 Å². The van der Waals surface area contributed by atoms with Gasteiger partial charge in [0.2, 0.25) is 0 Å². The van der Waals surface area contributed by atoms with Gasteiger partial charge in [0.05, 0.1) is 0 Å². The lowest BCUT2D eigenvalue weighted by Crippen LogP contribution is -2.33. The lowest BCUT2D eigenvalue weighted by atomic mass is 9.91. The highest BCUT2D eigenvalue weighted by molar-refractivity contribution is 5.86. The van der Waals surface area contributed by atoms with Crippen molar-refractivity contribution in [3.8, 4) is 0 Å². The van der Waals surface area contributed by atoms with Gasteiger partial charge in [-0.3, -0.25) is 0 Å².